The largest absolute Gasteiger partial charge is 0.484 e. The van der Waals surface area contributed by atoms with E-state index in [0.717, 1.165) is 30.8 Å². The molecule has 1 unspecified atom stereocenters. The molecule has 3 nitrogen and oxygen atoms in total. The van der Waals surface area contributed by atoms with Gasteiger partial charge in [0.15, 0.2) is 6.61 Å². The van der Waals surface area contributed by atoms with Gasteiger partial charge in [-0.25, -0.2) is 0 Å². The van der Waals surface area contributed by atoms with Gasteiger partial charge in [-0.05, 0) is 60.6 Å². The Bertz CT molecular complexity index is 759. The van der Waals surface area contributed by atoms with Crippen LogP contribution in [0.3, 0.4) is 0 Å². The summed E-state index contributed by atoms with van der Waals surface area (Å²) in [5.74, 6) is 1.78. The summed E-state index contributed by atoms with van der Waals surface area (Å²) in [4.78, 5) is 13.6. The number of carbonyl (C=O) groups excluding carboxylic acids is 1. The molecule has 0 aromatic heterocycles. The molecule has 0 bridgehead atoms. The maximum atomic E-state index is 12.3. The van der Waals surface area contributed by atoms with Crippen molar-refractivity contribution < 1.29 is 9.53 Å². The van der Waals surface area contributed by atoms with Crippen LogP contribution in [0.15, 0.2) is 47.4 Å². The van der Waals surface area contributed by atoms with Crippen LogP contribution >= 0.6 is 11.8 Å². The predicted molar refractivity (Wildman–Crippen MR) is 96.6 cm³/mol. The molecule has 4 rings (SSSR count). The van der Waals surface area contributed by atoms with E-state index in [4.69, 9.17) is 4.74 Å². The van der Waals surface area contributed by atoms with Crippen LogP contribution in [0.2, 0.25) is 0 Å². The number of benzene rings is 2. The normalized spacial score (nSPS) is 18.6. The number of fused-ring (bicyclic) bond motifs is 2. The highest BCUT2D eigenvalue weighted by Gasteiger charge is 2.22. The molecule has 0 saturated heterocycles. The van der Waals surface area contributed by atoms with Crippen molar-refractivity contribution in [3.8, 4) is 5.75 Å². The average Bonchev–Trinajstić information content (AvgIpc) is 3.08. The average molecular weight is 339 g/mol. The Hall–Kier alpha value is -1.94. The summed E-state index contributed by atoms with van der Waals surface area (Å²) in [5.41, 5.74) is 4.01. The number of rotatable bonds is 4. The van der Waals surface area contributed by atoms with E-state index in [0.29, 0.717) is 0 Å². The molecule has 24 heavy (non-hydrogen) atoms. The molecular weight excluding hydrogens is 318 g/mol. The summed E-state index contributed by atoms with van der Waals surface area (Å²) in [7, 11) is 0. The van der Waals surface area contributed by atoms with Crippen LogP contribution in [0.4, 0.5) is 0 Å². The Morgan fingerprint density at radius 1 is 1.17 bits per heavy atom. The molecule has 0 spiro atoms. The molecule has 1 heterocycles. The zero-order valence-electron chi connectivity index (χ0n) is 13.6. The first-order valence-electron chi connectivity index (χ1n) is 8.55. The van der Waals surface area contributed by atoms with Crippen molar-refractivity contribution in [2.24, 2.45) is 0 Å². The maximum absolute atomic E-state index is 12.3. The Morgan fingerprint density at radius 3 is 3.00 bits per heavy atom. The molecular formula is C20H21NO2S. The highest BCUT2D eigenvalue weighted by molar-refractivity contribution is 7.99. The fourth-order valence-corrected chi connectivity index (χ4v) is 4.64. The number of hydrogen-bond donors (Lipinski definition) is 1. The number of aryl methyl sites for hydroxylation is 2. The molecule has 0 radical (unpaired) electrons. The molecule has 0 saturated carbocycles. The first-order chi connectivity index (χ1) is 11.8. The van der Waals surface area contributed by atoms with Crippen LogP contribution in [0.25, 0.3) is 0 Å². The summed E-state index contributed by atoms with van der Waals surface area (Å²) >= 11 is 1.86. The Balaban J connectivity index is 1.36. The van der Waals surface area contributed by atoms with Crippen LogP contribution < -0.4 is 10.1 Å². The van der Waals surface area contributed by atoms with E-state index < -0.39 is 0 Å². The molecule has 1 amide bonds. The lowest BCUT2D eigenvalue weighted by molar-refractivity contribution is -0.123. The highest BCUT2D eigenvalue weighted by Crippen LogP contribution is 2.35. The molecule has 1 aliphatic carbocycles. The van der Waals surface area contributed by atoms with Crippen LogP contribution in [0, 0.1) is 0 Å². The van der Waals surface area contributed by atoms with E-state index >= 15 is 0 Å². The molecule has 4 heteroatoms. The van der Waals surface area contributed by atoms with E-state index in [2.05, 4.69) is 29.6 Å². The van der Waals surface area contributed by atoms with E-state index in [1.54, 1.807) is 0 Å². The van der Waals surface area contributed by atoms with Crippen molar-refractivity contribution in [3.05, 3.63) is 59.2 Å². The van der Waals surface area contributed by atoms with E-state index in [-0.39, 0.29) is 18.6 Å². The minimum absolute atomic E-state index is 0.0535. The van der Waals surface area contributed by atoms with Gasteiger partial charge in [-0.2, -0.15) is 0 Å². The van der Waals surface area contributed by atoms with Gasteiger partial charge in [-0.3, -0.25) is 4.79 Å². The Morgan fingerprint density at radius 2 is 2.04 bits per heavy atom. The number of nitrogens with one attached hydrogen (secondary N) is 1. The summed E-state index contributed by atoms with van der Waals surface area (Å²) in [6, 6.07) is 14.6. The first-order valence-corrected chi connectivity index (χ1v) is 9.54. The number of amides is 1. The van der Waals surface area contributed by atoms with Gasteiger partial charge in [0.25, 0.3) is 5.91 Å². The third-order valence-electron chi connectivity index (χ3n) is 4.73. The molecule has 2 aromatic rings. The van der Waals surface area contributed by atoms with Crippen molar-refractivity contribution in [1.82, 2.24) is 5.32 Å². The zero-order chi connectivity index (χ0) is 16.4. The summed E-state index contributed by atoms with van der Waals surface area (Å²) < 4.78 is 5.71. The Labute approximate surface area is 146 Å². The van der Waals surface area contributed by atoms with E-state index in [9.17, 15) is 4.79 Å². The summed E-state index contributed by atoms with van der Waals surface area (Å²) in [6.07, 6.45) is 4.47. The second-order valence-corrected chi connectivity index (χ2v) is 7.50. The fraction of sp³-hybridized carbons (Fsp3) is 0.350. The standard InChI is InChI=1S/C20H21NO2S/c22-20(13-23-16-9-8-14-4-3-5-15(14)12-16)21-18-10-11-24-19-7-2-1-6-17(18)19/h1-2,6-9,12,18H,3-5,10-11,13H2,(H,21,22). The summed E-state index contributed by atoms with van der Waals surface area (Å²) in [6.45, 7) is 0.0740. The van der Waals surface area contributed by atoms with E-state index in [1.165, 1.54) is 28.0 Å². The number of carbonyl (C=O) groups is 1. The van der Waals surface area contributed by atoms with Crippen molar-refractivity contribution in [1.29, 1.82) is 0 Å². The number of hydrogen-bond acceptors (Lipinski definition) is 3. The molecule has 2 aliphatic rings. The Kier molecular flexibility index (Phi) is 4.48. The van der Waals surface area contributed by atoms with Crippen molar-refractivity contribution in [3.63, 3.8) is 0 Å². The van der Waals surface area contributed by atoms with Crippen molar-refractivity contribution in [2.45, 2.75) is 36.6 Å². The maximum Gasteiger partial charge on any atom is 0.258 e. The van der Waals surface area contributed by atoms with Crippen LogP contribution in [0.1, 0.15) is 35.6 Å². The minimum Gasteiger partial charge on any atom is -0.484 e. The quantitative estimate of drug-likeness (QED) is 0.918. The fourth-order valence-electron chi connectivity index (χ4n) is 3.51. The molecule has 1 N–H and O–H groups in total. The monoisotopic (exact) mass is 339 g/mol. The van der Waals surface area contributed by atoms with Gasteiger partial charge >= 0.3 is 0 Å². The number of ether oxygens (including phenoxy) is 1. The molecule has 124 valence electrons. The molecule has 1 aliphatic heterocycles. The van der Waals surface area contributed by atoms with Gasteiger partial charge in [-0.1, -0.05) is 24.3 Å². The van der Waals surface area contributed by atoms with Gasteiger partial charge in [0.2, 0.25) is 0 Å². The van der Waals surface area contributed by atoms with Gasteiger partial charge < -0.3 is 10.1 Å². The third kappa shape index (κ3) is 3.29. The van der Waals surface area contributed by atoms with Crippen LogP contribution in [-0.2, 0) is 17.6 Å². The molecule has 0 fully saturated rings. The minimum atomic E-state index is -0.0535. The van der Waals surface area contributed by atoms with Crippen LogP contribution in [0.5, 0.6) is 5.75 Å². The van der Waals surface area contributed by atoms with Gasteiger partial charge in [0, 0.05) is 10.6 Å². The predicted octanol–water partition coefficient (Wildman–Crippen LogP) is 3.91. The topological polar surface area (TPSA) is 38.3 Å². The van der Waals surface area contributed by atoms with Crippen LogP contribution in [-0.4, -0.2) is 18.3 Å². The van der Waals surface area contributed by atoms with Crippen molar-refractivity contribution in [2.75, 3.05) is 12.4 Å². The smallest absolute Gasteiger partial charge is 0.258 e. The van der Waals surface area contributed by atoms with Gasteiger partial charge in [-0.15, -0.1) is 11.8 Å². The second kappa shape index (κ2) is 6.89. The van der Waals surface area contributed by atoms with Crippen molar-refractivity contribution >= 4 is 17.7 Å². The molecule has 2 aromatic carbocycles. The van der Waals surface area contributed by atoms with Gasteiger partial charge in [0.1, 0.15) is 5.75 Å². The van der Waals surface area contributed by atoms with Gasteiger partial charge in [0.05, 0.1) is 6.04 Å². The summed E-state index contributed by atoms with van der Waals surface area (Å²) in [5, 5.41) is 3.12. The lowest BCUT2D eigenvalue weighted by Crippen LogP contribution is -2.34. The third-order valence-corrected chi connectivity index (χ3v) is 5.86. The highest BCUT2D eigenvalue weighted by atomic mass is 32.2. The SMILES string of the molecule is O=C(COc1ccc2c(c1)CCC2)NC1CCSc2ccccc21. The lowest BCUT2D eigenvalue weighted by atomic mass is 10.0. The lowest BCUT2D eigenvalue weighted by Gasteiger charge is -2.25. The van der Waals surface area contributed by atoms with E-state index in [1.807, 2.05) is 30.0 Å². The zero-order valence-corrected chi connectivity index (χ0v) is 14.4. The second-order valence-electron chi connectivity index (χ2n) is 6.37. The number of thioether (sulfide) groups is 1. The molecule has 1 atom stereocenters. The first kappa shape index (κ1) is 15.6.